The highest BCUT2D eigenvalue weighted by Crippen LogP contribution is 2.48. The van der Waals surface area contributed by atoms with Crippen LogP contribution >= 0.6 is 0 Å². The zero-order valence-electron chi connectivity index (χ0n) is 14.1. The van der Waals surface area contributed by atoms with Gasteiger partial charge in [-0.05, 0) is 62.0 Å². The number of hydrogen-bond acceptors (Lipinski definition) is 2. The molecule has 2 nitrogen and oxygen atoms in total. The minimum Gasteiger partial charge on any atom is -0.293 e. The quantitative estimate of drug-likeness (QED) is 0.823. The first-order valence-electron chi connectivity index (χ1n) is 8.90. The smallest absolute Gasteiger partial charge is 0.180 e. The van der Waals surface area contributed by atoms with Crippen molar-refractivity contribution in [3.05, 3.63) is 34.9 Å². The van der Waals surface area contributed by atoms with Crippen molar-refractivity contribution in [3.8, 4) is 0 Å². The fourth-order valence-electron chi connectivity index (χ4n) is 4.80. The first-order chi connectivity index (χ1) is 10.5. The number of likely N-dealkylation sites (tertiary alicyclic amines) is 1. The molecule has 0 N–H and O–H groups in total. The Balaban J connectivity index is 1.81. The molecule has 118 valence electrons. The molecule has 4 rings (SSSR count). The number of carbonyl (C=O) groups excluding carboxylic acids is 1. The summed E-state index contributed by atoms with van der Waals surface area (Å²) in [7, 11) is 0. The summed E-state index contributed by atoms with van der Waals surface area (Å²) in [6.07, 6.45) is 5.14. The molecule has 0 radical (unpaired) electrons. The summed E-state index contributed by atoms with van der Waals surface area (Å²) < 4.78 is 0. The first-order valence-corrected chi connectivity index (χ1v) is 8.90. The third-order valence-electron chi connectivity index (χ3n) is 6.53. The van der Waals surface area contributed by atoms with Gasteiger partial charge in [0.05, 0.1) is 6.04 Å². The molecule has 0 spiro atoms. The maximum atomic E-state index is 13.2. The van der Waals surface area contributed by atoms with E-state index in [0.29, 0.717) is 11.7 Å². The van der Waals surface area contributed by atoms with E-state index in [1.807, 2.05) is 0 Å². The molecule has 3 atom stereocenters. The Bertz CT molecular complexity index is 618. The van der Waals surface area contributed by atoms with Gasteiger partial charge in [-0.15, -0.1) is 0 Å². The van der Waals surface area contributed by atoms with Crippen LogP contribution in [-0.4, -0.2) is 29.8 Å². The average molecular weight is 297 g/mol. The minimum atomic E-state index is 0.100. The lowest BCUT2D eigenvalue weighted by atomic mass is 9.61. The zero-order chi connectivity index (χ0) is 15.5. The van der Waals surface area contributed by atoms with Gasteiger partial charge in [-0.1, -0.05) is 37.6 Å². The maximum Gasteiger partial charge on any atom is 0.180 e. The van der Waals surface area contributed by atoms with Crippen molar-refractivity contribution in [3.63, 3.8) is 0 Å². The highest BCUT2D eigenvalue weighted by molar-refractivity contribution is 6.03. The van der Waals surface area contributed by atoms with Crippen LogP contribution < -0.4 is 0 Å². The molecule has 1 aliphatic heterocycles. The Morgan fingerprint density at radius 1 is 1.32 bits per heavy atom. The topological polar surface area (TPSA) is 20.3 Å². The molecular formula is C20H27NO. The summed E-state index contributed by atoms with van der Waals surface area (Å²) in [4.78, 5) is 15.7. The van der Waals surface area contributed by atoms with Crippen LogP contribution in [0.3, 0.4) is 0 Å². The Hall–Kier alpha value is -1.15. The fraction of sp³-hybridized carbons (Fsp3) is 0.650. The number of hydrogen-bond donors (Lipinski definition) is 0. The largest absolute Gasteiger partial charge is 0.293 e. The van der Waals surface area contributed by atoms with E-state index in [2.05, 4.69) is 43.9 Å². The number of rotatable bonds is 2. The first kappa shape index (κ1) is 14.4. The van der Waals surface area contributed by atoms with Gasteiger partial charge in [0.1, 0.15) is 0 Å². The molecule has 2 fully saturated rings. The normalized spacial score (nSPS) is 35.1. The van der Waals surface area contributed by atoms with Gasteiger partial charge >= 0.3 is 0 Å². The van der Waals surface area contributed by atoms with Crippen LogP contribution in [-0.2, 0) is 5.41 Å². The summed E-state index contributed by atoms with van der Waals surface area (Å²) in [6, 6.07) is 6.57. The Kier molecular flexibility index (Phi) is 3.23. The van der Waals surface area contributed by atoms with Gasteiger partial charge in [0.2, 0.25) is 0 Å². The maximum absolute atomic E-state index is 13.2. The van der Waals surface area contributed by atoms with E-state index in [1.54, 1.807) is 0 Å². The van der Waals surface area contributed by atoms with E-state index in [4.69, 9.17) is 0 Å². The number of fused-ring (bicyclic) bond motifs is 4. The van der Waals surface area contributed by atoms with Crippen LogP contribution in [0.15, 0.2) is 18.2 Å². The lowest BCUT2D eigenvalue weighted by Gasteiger charge is -2.46. The summed E-state index contributed by atoms with van der Waals surface area (Å²) >= 11 is 0. The van der Waals surface area contributed by atoms with Gasteiger partial charge in [-0.2, -0.15) is 0 Å². The Labute approximate surface area is 133 Å². The Morgan fingerprint density at radius 3 is 2.82 bits per heavy atom. The molecular weight excluding hydrogens is 270 g/mol. The van der Waals surface area contributed by atoms with Crippen molar-refractivity contribution < 1.29 is 4.79 Å². The predicted molar refractivity (Wildman–Crippen MR) is 89.3 cm³/mol. The number of aryl methyl sites for hydroxylation is 1. The SMILES string of the molecule is Cc1ccc2c(c1)[C@@]1(C)CCCN(CC3CC3)[C@H](C2=O)[C@@H]1C. The lowest BCUT2D eigenvalue weighted by Crippen LogP contribution is -2.53. The van der Waals surface area contributed by atoms with E-state index >= 15 is 0 Å². The number of carbonyl (C=O) groups is 1. The molecule has 1 aromatic carbocycles. The molecule has 0 aromatic heterocycles. The van der Waals surface area contributed by atoms with Gasteiger partial charge in [0.25, 0.3) is 0 Å². The van der Waals surface area contributed by atoms with Gasteiger partial charge in [-0.25, -0.2) is 0 Å². The third kappa shape index (κ3) is 2.07. The number of Topliss-reactive ketones (excluding diaryl/α,β-unsaturated/α-hetero) is 1. The molecule has 3 aliphatic rings. The molecule has 1 aromatic rings. The second kappa shape index (κ2) is 4.92. The van der Waals surface area contributed by atoms with Crippen LogP contribution in [0.4, 0.5) is 0 Å². The second-order valence-corrected chi connectivity index (χ2v) is 8.11. The van der Waals surface area contributed by atoms with Crippen molar-refractivity contribution in [1.82, 2.24) is 4.90 Å². The van der Waals surface area contributed by atoms with Gasteiger partial charge < -0.3 is 0 Å². The highest BCUT2D eigenvalue weighted by Gasteiger charge is 2.51. The Morgan fingerprint density at radius 2 is 2.09 bits per heavy atom. The van der Waals surface area contributed by atoms with Crippen LogP contribution in [0.5, 0.6) is 0 Å². The van der Waals surface area contributed by atoms with Crippen LogP contribution in [0, 0.1) is 18.8 Å². The van der Waals surface area contributed by atoms with Crippen molar-refractivity contribution >= 4 is 5.78 Å². The molecule has 2 bridgehead atoms. The van der Waals surface area contributed by atoms with E-state index in [9.17, 15) is 4.79 Å². The molecule has 1 heterocycles. The van der Waals surface area contributed by atoms with Crippen LogP contribution in [0.1, 0.15) is 61.0 Å². The van der Waals surface area contributed by atoms with Gasteiger partial charge in [-0.3, -0.25) is 9.69 Å². The summed E-state index contributed by atoms with van der Waals surface area (Å²) in [6.45, 7) is 9.09. The highest BCUT2D eigenvalue weighted by atomic mass is 16.1. The molecule has 2 heteroatoms. The molecule has 1 saturated carbocycles. The van der Waals surface area contributed by atoms with Crippen molar-refractivity contribution in [2.24, 2.45) is 11.8 Å². The molecule has 0 amide bonds. The van der Waals surface area contributed by atoms with Gasteiger partial charge in [0, 0.05) is 12.1 Å². The lowest BCUT2D eigenvalue weighted by molar-refractivity contribution is 0.0642. The summed E-state index contributed by atoms with van der Waals surface area (Å²) in [5, 5.41) is 0. The average Bonchev–Trinajstić information content (AvgIpc) is 3.29. The van der Waals surface area contributed by atoms with E-state index in [-0.39, 0.29) is 11.5 Å². The number of benzene rings is 1. The summed E-state index contributed by atoms with van der Waals surface area (Å²) in [5.74, 6) is 1.64. The van der Waals surface area contributed by atoms with Crippen LogP contribution in [0.2, 0.25) is 0 Å². The predicted octanol–water partition coefficient (Wildman–Crippen LogP) is 3.96. The van der Waals surface area contributed by atoms with E-state index < -0.39 is 0 Å². The van der Waals surface area contributed by atoms with E-state index in [1.165, 1.54) is 36.8 Å². The van der Waals surface area contributed by atoms with Crippen LogP contribution in [0.25, 0.3) is 0 Å². The molecule has 2 aliphatic carbocycles. The van der Waals surface area contributed by atoms with Crippen molar-refractivity contribution in [1.29, 1.82) is 0 Å². The monoisotopic (exact) mass is 297 g/mol. The van der Waals surface area contributed by atoms with Gasteiger partial charge in [0.15, 0.2) is 5.78 Å². The molecule has 22 heavy (non-hydrogen) atoms. The zero-order valence-corrected chi connectivity index (χ0v) is 14.1. The second-order valence-electron chi connectivity index (χ2n) is 8.11. The van der Waals surface area contributed by atoms with E-state index in [0.717, 1.165) is 24.6 Å². The fourth-order valence-corrected chi connectivity index (χ4v) is 4.80. The number of ketones is 1. The van der Waals surface area contributed by atoms with Crippen molar-refractivity contribution in [2.45, 2.75) is 57.9 Å². The third-order valence-corrected chi connectivity index (χ3v) is 6.53. The molecule has 0 unspecified atom stereocenters. The standard InChI is InChI=1S/C20H27NO/c1-13-5-8-16-17(11-13)20(3)9-4-10-21(12-15-6-7-15)18(14(20)2)19(16)22/h5,8,11,14-15,18H,4,6-7,9-10,12H2,1-3H3/t14-,18-,20-/m0/s1. The van der Waals surface area contributed by atoms with Crippen molar-refractivity contribution in [2.75, 3.05) is 13.1 Å². The summed E-state index contributed by atoms with van der Waals surface area (Å²) in [5.41, 5.74) is 3.74. The molecule has 1 saturated heterocycles. The minimum absolute atomic E-state index is 0.100. The number of nitrogens with zero attached hydrogens (tertiary/aromatic N) is 1.